The van der Waals surface area contributed by atoms with Gasteiger partial charge in [0.2, 0.25) is 5.91 Å². The fourth-order valence-corrected chi connectivity index (χ4v) is 2.22. The molecular weight excluding hydrogens is 300 g/mol. The first-order valence-electron chi connectivity index (χ1n) is 7.70. The zero-order valence-corrected chi connectivity index (χ0v) is 14.7. The molecule has 0 radical (unpaired) electrons. The van der Waals surface area contributed by atoms with E-state index < -0.39 is 0 Å². The number of ether oxygens (including phenoxy) is 1. The second-order valence-corrected chi connectivity index (χ2v) is 5.31. The summed E-state index contributed by atoms with van der Waals surface area (Å²) in [4.78, 5) is 12.0. The molecule has 4 nitrogen and oxygen atoms in total. The summed E-state index contributed by atoms with van der Waals surface area (Å²) in [6, 6.07) is 8.47. The lowest BCUT2D eigenvalue weighted by Gasteiger charge is -2.15. The van der Waals surface area contributed by atoms with E-state index >= 15 is 0 Å². The Kier molecular flexibility index (Phi) is 11.8. The molecule has 1 aromatic rings. The van der Waals surface area contributed by atoms with Gasteiger partial charge in [-0.2, -0.15) is 0 Å². The minimum Gasteiger partial charge on any atom is -0.383 e. The molecule has 5 heteroatoms. The third kappa shape index (κ3) is 8.37. The van der Waals surface area contributed by atoms with Crippen LogP contribution in [0.3, 0.4) is 0 Å². The van der Waals surface area contributed by atoms with E-state index in [1.807, 2.05) is 0 Å². The summed E-state index contributed by atoms with van der Waals surface area (Å²) in [6.45, 7) is 7.15. The Labute approximate surface area is 140 Å². The molecule has 1 rings (SSSR count). The van der Waals surface area contributed by atoms with Gasteiger partial charge in [-0.1, -0.05) is 36.8 Å². The summed E-state index contributed by atoms with van der Waals surface area (Å²) in [5.74, 6) is 0.419. The SMILES string of the molecule is CCC(CC(=O)NCCNCCOC)c1ccc(C)cc1.Cl. The van der Waals surface area contributed by atoms with Crippen LogP contribution in [-0.2, 0) is 9.53 Å². The van der Waals surface area contributed by atoms with Crippen molar-refractivity contribution in [2.45, 2.75) is 32.6 Å². The summed E-state index contributed by atoms with van der Waals surface area (Å²) in [5, 5.41) is 6.17. The standard InChI is InChI=1S/C17H28N2O2.ClH/c1-4-15(16-7-5-14(2)6-8-16)13-17(20)19-10-9-18-11-12-21-3;/h5-8,15,18H,4,9-13H2,1-3H3,(H,19,20);1H. The molecule has 0 aromatic heterocycles. The fraction of sp³-hybridized carbons (Fsp3) is 0.588. The molecule has 22 heavy (non-hydrogen) atoms. The maximum absolute atomic E-state index is 12.0. The minimum absolute atomic E-state index is 0. The number of benzene rings is 1. The quantitative estimate of drug-likeness (QED) is 0.649. The van der Waals surface area contributed by atoms with Crippen molar-refractivity contribution in [2.24, 2.45) is 0 Å². The second-order valence-electron chi connectivity index (χ2n) is 5.31. The van der Waals surface area contributed by atoms with E-state index in [0.29, 0.717) is 25.5 Å². The van der Waals surface area contributed by atoms with E-state index in [1.54, 1.807) is 7.11 Å². The van der Waals surface area contributed by atoms with Crippen LogP contribution in [0.25, 0.3) is 0 Å². The lowest BCUT2D eigenvalue weighted by atomic mass is 9.92. The van der Waals surface area contributed by atoms with Crippen molar-refractivity contribution in [1.29, 1.82) is 0 Å². The van der Waals surface area contributed by atoms with Crippen molar-refractivity contribution in [3.63, 3.8) is 0 Å². The van der Waals surface area contributed by atoms with Gasteiger partial charge in [0.1, 0.15) is 0 Å². The second kappa shape index (κ2) is 12.4. The van der Waals surface area contributed by atoms with E-state index in [1.165, 1.54) is 11.1 Å². The monoisotopic (exact) mass is 328 g/mol. The molecule has 126 valence electrons. The van der Waals surface area contributed by atoms with Crippen LogP contribution in [0.1, 0.15) is 36.8 Å². The highest BCUT2D eigenvalue weighted by Crippen LogP contribution is 2.23. The topological polar surface area (TPSA) is 50.4 Å². The number of hydrogen-bond acceptors (Lipinski definition) is 3. The molecule has 1 unspecified atom stereocenters. The molecule has 0 fully saturated rings. The number of carbonyl (C=O) groups is 1. The molecule has 1 atom stereocenters. The van der Waals surface area contributed by atoms with Crippen LogP contribution in [0, 0.1) is 6.92 Å². The molecule has 0 aliphatic carbocycles. The number of nitrogens with one attached hydrogen (secondary N) is 2. The van der Waals surface area contributed by atoms with Gasteiger partial charge in [-0.15, -0.1) is 12.4 Å². The van der Waals surface area contributed by atoms with E-state index in [-0.39, 0.29) is 18.3 Å². The predicted molar refractivity (Wildman–Crippen MR) is 93.8 cm³/mol. The van der Waals surface area contributed by atoms with E-state index in [0.717, 1.165) is 19.5 Å². The van der Waals surface area contributed by atoms with Crippen LogP contribution < -0.4 is 10.6 Å². The van der Waals surface area contributed by atoms with Crippen LogP contribution >= 0.6 is 12.4 Å². The molecule has 0 aliphatic rings. The molecule has 0 aliphatic heterocycles. The molecule has 0 spiro atoms. The van der Waals surface area contributed by atoms with E-state index in [4.69, 9.17) is 4.74 Å². The fourth-order valence-electron chi connectivity index (χ4n) is 2.22. The molecular formula is C17H29ClN2O2. The summed E-state index contributed by atoms with van der Waals surface area (Å²) in [7, 11) is 1.68. The number of aryl methyl sites for hydroxylation is 1. The number of carbonyl (C=O) groups excluding carboxylic acids is 1. The van der Waals surface area contributed by atoms with E-state index in [9.17, 15) is 4.79 Å². The van der Waals surface area contributed by atoms with Gasteiger partial charge in [0, 0.05) is 33.2 Å². The Bertz CT molecular complexity index is 410. The zero-order valence-electron chi connectivity index (χ0n) is 13.9. The first-order valence-corrected chi connectivity index (χ1v) is 7.70. The van der Waals surface area contributed by atoms with Crippen LogP contribution in [0.15, 0.2) is 24.3 Å². The van der Waals surface area contributed by atoms with Crippen molar-refractivity contribution >= 4 is 18.3 Å². The third-order valence-corrected chi connectivity index (χ3v) is 3.58. The maximum Gasteiger partial charge on any atom is 0.220 e. The number of rotatable bonds is 10. The first-order chi connectivity index (χ1) is 10.2. The highest BCUT2D eigenvalue weighted by Gasteiger charge is 2.13. The van der Waals surface area contributed by atoms with Gasteiger partial charge < -0.3 is 15.4 Å². The van der Waals surface area contributed by atoms with Crippen LogP contribution in [0.4, 0.5) is 0 Å². The number of methoxy groups -OCH3 is 1. The normalized spacial score (nSPS) is 11.6. The molecule has 0 bridgehead atoms. The van der Waals surface area contributed by atoms with Gasteiger partial charge in [-0.25, -0.2) is 0 Å². The van der Waals surface area contributed by atoms with Gasteiger partial charge in [-0.05, 0) is 24.8 Å². The van der Waals surface area contributed by atoms with Crippen molar-refractivity contribution in [3.05, 3.63) is 35.4 Å². The van der Waals surface area contributed by atoms with Crippen LogP contribution in [-0.4, -0.2) is 39.3 Å². The average molecular weight is 329 g/mol. The molecule has 2 N–H and O–H groups in total. The summed E-state index contributed by atoms with van der Waals surface area (Å²) in [5.41, 5.74) is 2.50. The highest BCUT2D eigenvalue weighted by molar-refractivity contribution is 5.85. The van der Waals surface area contributed by atoms with Crippen molar-refractivity contribution < 1.29 is 9.53 Å². The lowest BCUT2D eigenvalue weighted by molar-refractivity contribution is -0.121. The summed E-state index contributed by atoms with van der Waals surface area (Å²) < 4.78 is 4.94. The van der Waals surface area contributed by atoms with Gasteiger partial charge in [0.05, 0.1) is 6.61 Å². The Morgan fingerprint density at radius 3 is 2.45 bits per heavy atom. The molecule has 0 saturated carbocycles. The van der Waals surface area contributed by atoms with Crippen molar-refractivity contribution in [3.8, 4) is 0 Å². The Morgan fingerprint density at radius 1 is 1.18 bits per heavy atom. The van der Waals surface area contributed by atoms with Gasteiger partial charge in [0.25, 0.3) is 0 Å². The smallest absolute Gasteiger partial charge is 0.220 e. The summed E-state index contributed by atoms with van der Waals surface area (Å²) >= 11 is 0. The van der Waals surface area contributed by atoms with Crippen molar-refractivity contribution in [1.82, 2.24) is 10.6 Å². The average Bonchev–Trinajstić information content (AvgIpc) is 2.49. The number of amides is 1. The Hall–Kier alpha value is -1.10. The minimum atomic E-state index is 0. The van der Waals surface area contributed by atoms with Gasteiger partial charge >= 0.3 is 0 Å². The van der Waals surface area contributed by atoms with Gasteiger partial charge in [0.15, 0.2) is 0 Å². The Morgan fingerprint density at radius 2 is 1.86 bits per heavy atom. The van der Waals surface area contributed by atoms with Crippen LogP contribution in [0.5, 0.6) is 0 Å². The first kappa shape index (κ1) is 20.9. The largest absolute Gasteiger partial charge is 0.383 e. The summed E-state index contributed by atoms with van der Waals surface area (Å²) in [6.07, 6.45) is 1.53. The highest BCUT2D eigenvalue weighted by atomic mass is 35.5. The Balaban J connectivity index is 0.00000441. The number of halogens is 1. The third-order valence-electron chi connectivity index (χ3n) is 3.58. The molecule has 0 heterocycles. The van der Waals surface area contributed by atoms with E-state index in [2.05, 4.69) is 48.7 Å². The molecule has 1 aromatic carbocycles. The lowest BCUT2D eigenvalue weighted by Crippen LogP contribution is -2.33. The predicted octanol–water partition coefficient (Wildman–Crippen LogP) is 2.65. The van der Waals surface area contributed by atoms with Gasteiger partial charge in [-0.3, -0.25) is 4.79 Å². The zero-order chi connectivity index (χ0) is 15.5. The van der Waals surface area contributed by atoms with Crippen LogP contribution in [0.2, 0.25) is 0 Å². The molecule has 0 saturated heterocycles. The van der Waals surface area contributed by atoms with Crippen molar-refractivity contribution in [2.75, 3.05) is 33.4 Å². The number of hydrogen-bond donors (Lipinski definition) is 2. The maximum atomic E-state index is 12.0. The molecule has 1 amide bonds.